The summed E-state index contributed by atoms with van der Waals surface area (Å²) in [6.45, 7) is 8.67. The Morgan fingerprint density at radius 1 is 0.478 bits per heavy atom. The highest BCUT2D eigenvalue weighted by atomic mass is 16.5. The molecule has 0 amide bonds. The van der Waals surface area contributed by atoms with E-state index in [4.69, 9.17) is 4.74 Å². The van der Waals surface area contributed by atoms with Gasteiger partial charge in [-0.2, -0.15) is 0 Å². The third kappa shape index (κ3) is 39.5. The van der Waals surface area contributed by atoms with E-state index in [9.17, 15) is 0 Å². The van der Waals surface area contributed by atoms with Gasteiger partial charge in [0.05, 0.1) is 6.61 Å². The number of rotatable bonds is 39. The van der Waals surface area contributed by atoms with Gasteiger partial charge in [0.25, 0.3) is 0 Å². The van der Waals surface area contributed by atoms with Crippen LogP contribution in [0.25, 0.3) is 0 Å². The maximum absolute atomic E-state index is 6.18. The second-order valence-electron chi connectivity index (χ2n) is 14.5. The molecule has 0 saturated carbocycles. The molecule has 0 aromatic heterocycles. The maximum atomic E-state index is 6.18. The van der Waals surface area contributed by atoms with Crippen molar-refractivity contribution in [3.63, 3.8) is 0 Å². The van der Waals surface area contributed by atoms with Crippen LogP contribution in [0.15, 0.2) is 24.3 Å². The van der Waals surface area contributed by atoms with Crippen LogP contribution >= 0.6 is 0 Å². The number of nitrogens with zero attached hydrogens (tertiary/aromatic N) is 1. The minimum Gasteiger partial charge on any atom is -0.380 e. The fraction of sp³-hybridized carbons (Fsp3) is 0.907. The predicted octanol–water partition coefficient (Wildman–Crippen LogP) is 13.4. The van der Waals surface area contributed by atoms with Crippen molar-refractivity contribution in [2.45, 2.75) is 213 Å². The molecule has 3 nitrogen and oxygen atoms in total. The maximum Gasteiger partial charge on any atom is 0.0619 e. The van der Waals surface area contributed by atoms with Crippen molar-refractivity contribution in [3.05, 3.63) is 24.3 Å². The summed E-state index contributed by atoms with van der Waals surface area (Å²) < 4.78 is 6.18. The molecule has 274 valence electrons. The normalized spacial score (nSPS) is 12.8. The highest BCUT2D eigenvalue weighted by Gasteiger charge is 2.08. The van der Waals surface area contributed by atoms with Crippen LogP contribution < -0.4 is 5.32 Å². The van der Waals surface area contributed by atoms with E-state index >= 15 is 0 Å². The van der Waals surface area contributed by atoms with E-state index in [1.807, 2.05) is 0 Å². The fourth-order valence-electron chi connectivity index (χ4n) is 6.26. The SMILES string of the molecule is CCCCCCCCC=CCCCCCCCCOCC(CCCCCCCCC=CCCCCCCCC)NCCCN(C)C. The molecule has 0 saturated heterocycles. The van der Waals surface area contributed by atoms with Gasteiger partial charge in [0.15, 0.2) is 0 Å². The Morgan fingerprint density at radius 3 is 1.30 bits per heavy atom. The summed E-state index contributed by atoms with van der Waals surface area (Å²) >= 11 is 0. The number of hydrogen-bond acceptors (Lipinski definition) is 3. The van der Waals surface area contributed by atoms with E-state index < -0.39 is 0 Å². The lowest BCUT2D eigenvalue weighted by atomic mass is 10.0. The summed E-state index contributed by atoms with van der Waals surface area (Å²) in [5.41, 5.74) is 0. The molecular formula is C43H86N2O. The lowest BCUT2D eigenvalue weighted by Gasteiger charge is -2.20. The number of ether oxygens (including phenoxy) is 1. The monoisotopic (exact) mass is 647 g/mol. The van der Waals surface area contributed by atoms with Gasteiger partial charge in [0, 0.05) is 12.6 Å². The molecular weight excluding hydrogens is 560 g/mol. The van der Waals surface area contributed by atoms with E-state index in [0.717, 1.165) is 26.3 Å². The topological polar surface area (TPSA) is 24.5 Å². The standard InChI is InChI=1S/C43H86N2O/c1-5-7-9-11-13-15-17-19-21-23-25-27-29-31-33-35-38-43(44-39-37-40-45(3)4)42-46-41-36-34-32-30-28-26-24-22-20-18-16-14-12-10-8-6-2/h19-22,43-44H,5-18,23-42H2,1-4H3. The first kappa shape index (κ1) is 45.4. The summed E-state index contributed by atoms with van der Waals surface area (Å²) in [5.74, 6) is 0. The van der Waals surface area contributed by atoms with Crippen LogP contribution in [0.3, 0.4) is 0 Å². The fourth-order valence-corrected chi connectivity index (χ4v) is 6.26. The van der Waals surface area contributed by atoms with Crippen molar-refractivity contribution >= 4 is 0 Å². The van der Waals surface area contributed by atoms with Crippen LogP contribution in [0.2, 0.25) is 0 Å². The molecule has 3 heteroatoms. The molecule has 0 bridgehead atoms. The quantitative estimate of drug-likeness (QED) is 0.0531. The molecule has 0 aromatic rings. The number of unbranched alkanes of at least 4 members (excludes halogenated alkanes) is 24. The Bertz CT molecular complexity index is 602. The summed E-state index contributed by atoms with van der Waals surface area (Å²) in [4.78, 5) is 2.28. The van der Waals surface area contributed by atoms with Gasteiger partial charge >= 0.3 is 0 Å². The lowest BCUT2D eigenvalue weighted by Crippen LogP contribution is -2.35. The van der Waals surface area contributed by atoms with Crippen molar-refractivity contribution in [3.8, 4) is 0 Å². The number of nitrogens with one attached hydrogen (secondary N) is 1. The van der Waals surface area contributed by atoms with Crippen LogP contribution in [0, 0.1) is 0 Å². The smallest absolute Gasteiger partial charge is 0.0619 e. The molecule has 0 aliphatic heterocycles. The molecule has 0 aliphatic rings. The first-order valence-corrected chi connectivity index (χ1v) is 21.0. The van der Waals surface area contributed by atoms with Gasteiger partial charge in [-0.15, -0.1) is 0 Å². The van der Waals surface area contributed by atoms with Crippen LogP contribution in [-0.4, -0.2) is 51.3 Å². The average Bonchev–Trinajstić information content (AvgIpc) is 3.05. The zero-order valence-corrected chi connectivity index (χ0v) is 32.3. The van der Waals surface area contributed by atoms with Crippen molar-refractivity contribution in [1.82, 2.24) is 10.2 Å². The van der Waals surface area contributed by atoms with E-state index in [2.05, 4.69) is 62.5 Å². The largest absolute Gasteiger partial charge is 0.380 e. The van der Waals surface area contributed by atoms with Gasteiger partial charge < -0.3 is 15.0 Å². The molecule has 0 radical (unpaired) electrons. The third-order valence-electron chi connectivity index (χ3n) is 9.40. The molecule has 0 heterocycles. The Morgan fingerprint density at radius 2 is 0.870 bits per heavy atom. The minimum absolute atomic E-state index is 0.521. The number of allylic oxidation sites excluding steroid dienone is 4. The van der Waals surface area contributed by atoms with Gasteiger partial charge in [-0.1, -0.05) is 160 Å². The zero-order valence-electron chi connectivity index (χ0n) is 32.3. The molecule has 1 atom stereocenters. The van der Waals surface area contributed by atoms with Gasteiger partial charge in [0.1, 0.15) is 0 Å². The Kier molecular flexibility index (Phi) is 40.0. The zero-order chi connectivity index (χ0) is 33.4. The van der Waals surface area contributed by atoms with Gasteiger partial charge in [-0.05, 0) is 97.8 Å². The molecule has 0 fully saturated rings. The van der Waals surface area contributed by atoms with Crippen molar-refractivity contribution < 1.29 is 4.74 Å². The minimum atomic E-state index is 0.521. The van der Waals surface area contributed by atoms with Crippen molar-refractivity contribution in [2.75, 3.05) is 40.4 Å². The summed E-state index contributed by atoms with van der Waals surface area (Å²) in [6, 6.07) is 0.521. The summed E-state index contributed by atoms with van der Waals surface area (Å²) in [5, 5.41) is 3.82. The number of hydrogen-bond donors (Lipinski definition) is 1. The van der Waals surface area contributed by atoms with Crippen molar-refractivity contribution in [1.29, 1.82) is 0 Å². The van der Waals surface area contributed by atoms with Crippen LogP contribution in [0.5, 0.6) is 0 Å². The second kappa shape index (κ2) is 40.5. The Hall–Kier alpha value is -0.640. The van der Waals surface area contributed by atoms with E-state index in [1.54, 1.807) is 0 Å². The van der Waals surface area contributed by atoms with Gasteiger partial charge in [-0.25, -0.2) is 0 Å². The Labute approximate surface area is 291 Å². The van der Waals surface area contributed by atoms with Gasteiger partial charge in [0.2, 0.25) is 0 Å². The van der Waals surface area contributed by atoms with Gasteiger partial charge in [-0.3, -0.25) is 0 Å². The predicted molar refractivity (Wildman–Crippen MR) is 209 cm³/mol. The third-order valence-corrected chi connectivity index (χ3v) is 9.40. The first-order valence-electron chi connectivity index (χ1n) is 21.0. The van der Waals surface area contributed by atoms with Crippen LogP contribution in [0.1, 0.15) is 206 Å². The second-order valence-corrected chi connectivity index (χ2v) is 14.5. The molecule has 46 heavy (non-hydrogen) atoms. The highest BCUT2D eigenvalue weighted by molar-refractivity contribution is 4.82. The summed E-state index contributed by atoms with van der Waals surface area (Å²) in [7, 11) is 4.34. The molecule has 0 spiro atoms. The highest BCUT2D eigenvalue weighted by Crippen LogP contribution is 2.13. The van der Waals surface area contributed by atoms with E-state index in [1.165, 1.54) is 193 Å². The molecule has 0 rings (SSSR count). The van der Waals surface area contributed by atoms with Crippen LogP contribution in [-0.2, 0) is 4.74 Å². The summed E-state index contributed by atoms with van der Waals surface area (Å²) in [6.07, 6.45) is 50.5. The molecule has 0 aliphatic carbocycles. The molecule has 1 unspecified atom stereocenters. The average molecular weight is 647 g/mol. The molecule has 0 aromatic carbocycles. The van der Waals surface area contributed by atoms with Crippen molar-refractivity contribution in [2.24, 2.45) is 0 Å². The van der Waals surface area contributed by atoms with E-state index in [-0.39, 0.29) is 0 Å². The Balaban J connectivity index is 3.74. The van der Waals surface area contributed by atoms with E-state index in [0.29, 0.717) is 6.04 Å². The first-order chi connectivity index (χ1) is 22.7. The molecule has 1 N–H and O–H groups in total. The van der Waals surface area contributed by atoms with Crippen LogP contribution in [0.4, 0.5) is 0 Å². The lowest BCUT2D eigenvalue weighted by molar-refractivity contribution is 0.104.